The predicted molar refractivity (Wildman–Crippen MR) is 119 cm³/mol. The molecule has 0 bridgehead atoms. The fourth-order valence-corrected chi connectivity index (χ4v) is 4.89. The van der Waals surface area contributed by atoms with Crippen LogP contribution in [0.3, 0.4) is 0 Å². The van der Waals surface area contributed by atoms with Gasteiger partial charge in [0.25, 0.3) is 0 Å². The maximum Gasteiger partial charge on any atom is 0.407 e. The number of hydrogen-bond donors (Lipinski definition) is 1. The number of aryl methyl sites for hydroxylation is 1. The van der Waals surface area contributed by atoms with Crippen LogP contribution in [0.25, 0.3) is 5.52 Å². The molecule has 1 unspecified atom stereocenters. The molecule has 0 spiro atoms. The van der Waals surface area contributed by atoms with E-state index >= 15 is 0 Å². The van der Waals surface area contributed by atoms with E-state index in [9.17, 15) is 9.90 Å². The molecule has 1 amide bonds. The van der Waals surface area contributed by atoms with Crippen LogP contribution < -0.4 is 4.90 Å². The predicted octanol–water partition coefficient (Wildman–Crippen LogP) is 3.58. The molecule has 4 rings (SSSR count). The van der Waals surface area contributed by atoms with Crippen molar-refractivity contribution >= 4 is 17.3 Å². The summed E-state index contributed by atoms with van der Waals surface area (Å²) in [5.41, 5.74) is 3.38. The number of carboxylic acid groups (broad SMARTS) is 1. The van der Waals surface area contributed by atoms with Gasteiger partial charge in [-0.3, -0.25) is 0 Å². The molecule has 2 aromatic heterocycles. The monoisotopic (exact) mass is 413 g/mol. The molecule has 2 saturated heterocycles. The molecule has 0 radical (unpaired) electrons. The molecule has 7 nitrogen and oxygen atoms in total. The second-order valence-electron chi connectivity index (χ2n) is 9.85. The highest BCUT2D eigenvalue weighted by molar-refractivity contribution is 5.73. The second kappa shape index (κ2) is 8.46. The number of amides is 1. The quantitative estimate of drug-likeness (QED) is 0.812. The molecular weight excluding hydrogens is 378 g/mol. The van der Waals surface area contributed by atoms with Gasteiger partial charge in [0, 0.05) is 25.8 Å². The van der Waals surface area contributed by atoms with Gasteiger partial charge >= 0.3 is 6.09 Å². The maximum atomic E-state index is 11.7. The molecule has 0 aliphatic carbocycles. The lowest BCUT2D eigenvalue weighted by Crippen LogP contribution is -2.59. The first-order chi connectivity index (χ1) is 14.3. The smallest absolute Gasteiger partial charge is 0.407 e. The number of fused-ring (bicyclic) bond motifs is 1. The molecule has 1 N–H and O–H groups in total. The largest absolute Gasteiger partial charge is 0.465 e. The van der Waals surface area contributed by atoms with Gasteiger partial charge in [0.15, 0.2) is 0 Å². The number of likely N-dealkylation sites (tertiary alicyclic amines) is 1. The van der Waals surface area contributed by atoms with Crippen LogP contribution >= 0.6 is 0 Å². The zero-order valence-corrected chi connectivity index (χ0v) is 18.5. The Morgan fingerprint density at radius 2 is 1.93 bits per heavy atom. The Balaban J connectivity index is 1.46. The van der Waals surface area contributed by atoms with E-state index in [0.29, 0.717) is 19.6 Å². The van der Waals surface area contributed by atoms with Crippen LogP contribution in [0.2, 0.25) is 0 Å². The standard InChI is InChI=1S/C23H35N5O2/c1-23(2,3)21-17-26(13-14-27(21)22(29)30)20-15-24-28-16-18(8-9-19(20)28)7-6-12-25-10-4-5-11-25/h8-9,15-16,21H,4-7,10-14,17H2,1-3H3,(H,29,30). The Hall–Kier alpha value is -2.28. The molecule has 4 heterocycles. The number of pyridine rings is 1. The lowest BCUT2D eigenvalue weighted by Gasteiger charge is -2.46. The normalized spacial score (nSPS) is 21.0. The number of nitrogens with zero attached hydrogens (tertiary/aromatic N) is 5. The van der Waals surface area contributed by atoms with Gasteiger partial charge in [0.1, 0.15) is 0 Å². The average molecular weight is 414 g/mol. The Morgan fingerprint density at radius 3 is 2.63 bits per heavy atom. The van der Waals surface area contributed by atoms with Crippen LogP contribution in [0.5, 0.6) is 0 Å². The first kappa shape index (κ1) is 21.0. The summed E-state index contributed by atoms with van der Waals surface area (Å²) in [7, 11) is 0. The van der Waals surface area contributed by atoms with E-state index in [-0.39, 0.29) is 11.5 Å². The van der Waals surface area contributed by atoms with Gasteiger partial charge in [0.05, 0.1) is 23.4 Å². The van der Waals surface area contributed by atoms with Crippen molar-refractivity contribution in [2.24, 2.45) is 5.41 Å². The topological polar surface area (TPSA) is 64.3 Å². The van der Waals surface area contributed by atoms with Gasteiger partial charge in [-0.05, 0) is 62.4 Å². The Morgan fingerprint density at radius 1 is 1.17 bits per heavy atom. The zero-order valence-electron chi connectivity index (χ0n) is 18.5. The van der Waals surface area contributed by atoms with Crippen molar-refractivity contribution in [2.75, 3.05) is 44.2 Å². The molecule has 2 fully saturated rings. The fraction of sp³-hybridized carbons (Fsp3) is 0.652. The lowest BCUT2D eigenvalue weighted by atomic mass is 9.84. The summed E-state index contributed by atoms with van der Waals surface area (Å²) in [6.45, 7) is 11.9. The lowest BCUT2D eigenvalue weighted by molar-refractivity contribution is 0.0749. The number of carbonyl (C=O) groups is 1. The molecule has 1 atom stereocenters. The van der Waals surface area contributed by atoms with Crippen molar-refractivity contribution in [2.45, 2.75) is 52.5 Å². The minimum Gasteiger partial charge on any atom is -0.465 e. The molecule has 0 saturated carbocycles. The molecule has 0 aromatic carbocycles. The highest BCUT2D eigenvalue weighted by Gasteiger charge is 2.38. The van der Waals surface area contributed by atoms with E-state index in [0.717, 1.165) is 17.6 Å². The summed E-state index contributed by atoms with van der Waals surface area (Å²) in [4.78, 5) is 18.2. The number of aromatic nitrogens is 2. The SMILES string of the molecule is CC(C)(C)C1CN(c2cnn3cc(CCCN4CCCC4)ccc23)CCN1C(=O)O. The highest BCUT2D eigenvalue weighted by Crippen LogP contribution is 2.31. The number of anilines is 1. The van der Waals surface area contributed by atoms with Crippen molar-refractivity contribution in [3.05, 3.63) is 30.1 Å². The maximum absolute atomic E-state index is 11.7. The van der Waals surface area contributed by atoms with Gasteiger partial charge in [-0.25, -0.2) is 9.31 Å². The van der Waals surface area contributed by atoms with E-state index < -0.39 is 6.09 Å². The van der Waals surface area contributed by atoms with Crippen LogP contribution in [-0.2, 0) is 6.42 Å². The first-order valence-electron chi connectivity index (χ1n) is 11.3. The molecular formula is C23H35N5O2. The number of rotatable bonds is 5. The molecule has 7 heteroatoms. The van der Waals surface area contributed by atoms with Crippen LogP contribution in [0.15, 0.2) is 24.5 Å². The van der Waals surface area contributed by atoms with Crippen LogP contribution in [0, 0.1) is 5.41 Å². The zero-order chi connectivity index (χ0) is 21.3. The van der Waals surface area contributed by atoms with E-state index in [2.05, 4.69) is 54.0 Å². The minimum atomic E-state index is -0.826. The van der Waals surface area contributed by atoms with E-state index in [1.54, 1.807) is 4.90 Å². The molecule has 164 valence electrons. The second-order valence-corrected chi connectivity index (χ2v) is 9.85. The fourth-order valence-electron chi connectivity index (χ4n) is 4.89. The summed E-state index contributed by atoms with van der Waals surface area (Å²) >= 11 is 0. The van der Waals surface area contributed by atoms with Gasteiger partial charge in [-0.1, -0.05) is 26.8 Å². The highest BCUT2D eigenvalue weighted by atomic mass is 16.4. The number of piperazine rings is 1. The molecule has 2 aromatic rings. The average Bonchev–Trinajstić information content (AvgIpc) is 3.36. The van der Waals surface area contributed by atoms with Crippen molar-refractivity contribution in [3.63, 3.8) is 0 Å². The molecule has 30 heavy (non-hydrogen) atoms. The third kappa shape index (κ3) is 4.41. The van der Waals surface area contributed by atoms with Gasteiger partial charge in [0.2, 0.25) is 0 Å². The van der Waals surface area contributed by atoms with Crippen molar-refractivity contribution in [1.82, 2.24) is 19.4 Å². The van der Waals surface area contributed by atoms with E-state index in [1.807, 2.05) is 10.7 Å². The van der Waals surface area contributed by atoms with Crippen molar-refractivity contribution in [3.8, 4) is 0 Å². The first-order valence-corrected chi connectivity index (χ1v) is 11.3. The minimum absolute atomic E-state index is 0.0523. The van der Waals surface area contributed by atoms with Gasteiger partial charge in [-0.15, -0.1) is 0 Å². The Bertz CT molecular complexity index is 881. The van der Waals surface area contributed by atoms with E-state index in [4.69, 9.17) is 0 Å². The van der Waals surface area contributed by atoms with Crippen LogP contribution in [0.4, 0.5) is 10.5 Å². The summed E-state index contributed by atoms with van der Waals surface area (Å²) in [6.07, 6.45) is 8.21. The molecule has 2 aliphatic heterocycles. The summed E-state index contributed by atoms with van der Waals surface area (Å²) in [5.74, 6) is 0. The molecule has 2 aliphatic rings. The number of hydrogen-bond acceptors (Lipinski definition) is 4. The third-order valence-electron chi connectivity index (χ3n) is 6.66. The Labute approximate surface area is 179 Å². The summed E-state index contributed by atoms with van der Waals surface area (Å²) in [6, 6.07) is 4.34. The van der Waals surface area contributed by atoms with Crippen molar-refractivity contribution < 1.29 is 9.90 Å². The van der Waals surface area contributed by atoms with Crippen molar-refractivity contribution in [1.29, 1.82) is 0 Å². The van der Waals surface area contributed by atoms with Crippen LogP contribution in [0.1, 0.15) is 45.6 Å². The van der Waals surface area contributed by atoms with Gasteiger partial charge in [-0.2, -0.15) is 5.10 Å². The van der Waals surface area contributed by atoms with E-state index in [1.165, 1.54) is 44.5 Å². The van der Waals surface area contributed by atoms with Gasteiger partial charge < -0.3 is 19.8 Å². The summed E-state index contributed by atoms with van der Waals surface area (Å²) < 4.78 is 1.98. The van der Waals surface area contributed by atoms with Crippen LogP contribution in [-0.4, -0.2) is 75.9 Å². The Kier molecular flexibility index (Phi) is 5.91. The summed E-state index contributed by atoms with van der Waals surface area (Å²) in [5, 5.41) is 14.2. The third-order valence-corrected chi connectivity index (χ3v) is 6.66.